The summed E-state index contributed by atoms with van der Waals surface area (Å²) < 4.78 is 5.70. The monoisotopic (exact) mass is 270 g/mol. The number of carbonyl (C=O) groups is 1. The van der Waals surface area contributed by atoms with Crippen molar-refractivity contribution < 1.29 is 9.53 Å². The summed E-state index contributed by atoms with van der Waals surface area (Å²) in [6.07, 6.45) is 6.48. The number of nitrogens with two attached hydrogens (primary N) is 1. The summed E-state index contributed by atoms with van der Waals surface area (Å²) in [5.41, 5.74) is 6.14. The minimum atomic E-state index is -0.414. The molecule has 1 aliphatic carbocycles. The molecule has 19 heavy (non-hydrogen) atoms. The van der Waals surface area contributed by atoms with Crippen LogP contribution in [0.1, 0.15) is 59.3 Å². The molecule has 0 aromatic heterocycles. The molecule has 0 heterocycles. The average molecular weight is 270 g/mol. The summed E-state index contributed by atoms with van der Waals surface area (Å²) >= 11 is 0. The Kier molecular flexibility index (Phi) is 6.80. The van der Waals surface area contributed by atoms with Crippen LogP contribution in [-0.2, 0) is 9.53 Å². The molecule has 1 atom stereocenters. The van der Waals surface area contributed by atoms with E-state index in [-0.39, 0.29) is 11.4 Å². The Labute approximate surface area is 117 Å². The number of rotatable bonds is 6. The molecule has 112 valence electrons. The highest BCUT2D eigenvalue weighted by Crippen LogP contribution is 2.25. The number of carbonyl (C=O) groups excluding carboxylic acids is 1. The molecule has 0 radical (unpaired) electrons. The van der Waals surface area contributed by atoms with Crippen LogP contribution in [0.5, 0.6) is 0 Å². The van der Waals surface area contributed by atoms with Gasteiger partial charge in [0.2, 0.25) is 5.91 Å². The van der Waals surface area contributed by atoms with Crippen LogP contribution in [0, 0.1) is 5.92 Å². The topological polar surface area (TPSA) is 64.3 Å². The zero-order chi connectivity index (χ0) is 14.3. The first kappa shape index (κ1) is 16.4. The summed E-state index contributed by atoms with van der Waals surface area (Å²) in [5.74, 6) is 0.421. The second kappa shape index (κ2) is 7.85. The van der Waals surface area contributed by atoms with Crippen LogP contribution in [0.25, 0.3) is 0 Å². The SMILES string of the molecule is CC(C)CNC(=O)C(C)OCC1(N)CCCCCC1. The van der Waals surface area contributed by atoms with Gasteiger partial charge in [-0.15, -0.1) is 0 Å². The molecule has 3 N–H and O–H groups in total. The van der Waals surface area contributed by atoms with Crippen molar-refractivity contribution in [3.05, 3.63) is 0 Å². The van der Waals surface area contributed by atoms with E-state index in [1.165, 1.54) is 25.7 Å². The lowest BCUT2D eigenvalue weighted by molar-refractivity contribution is -0.133. The molecule has 1 rings (SSSR count). The maximum atomic E-state index is 11.8. The third-order valence-electron chi connectivity index (χ3n) is 3.77. The Bertz CT molecular complexity index is 271. The predicted octanol–water partition coefficient (Wildman–Crippen LogP) is 2.22. The lowest BCUT2D eigenvalue weighted by atomic mass is 9.92. The Morgan fingerprint density at radius 3 is 2.32 bits per heavy atom. The normalized spacial score (nSPS) is 20.9. The van der Waals surface area contributed by atoms with E-state index in [1.54, 1.807) is 6.92 Å². The summed E-state index contributed by atoms with van der Waals surface area (Å²) in [6.45, 7) is 7.14. The zero-order valence-corrected chi connectivity index (χ0v) is 12.7. The van der Waals surface area contributed by atoms with Crippen molar-refractivity contribution in [2.45, 2.75) is 70.9 Å². The maximum Gasteiger partial charge on any atom is 0.248 e. The predicted molar refractivity (Wildman–Crippen MR) is 77.9 cm³/mol. The quantitative estimate of drug-likeness (QED) is 0.727. The molecule has 0 aromatic rings. The van der Waals surface area contributed by atoms with E-state index in [4.69, 9.17) is 10.5 Å². The molecular weight excluding hydrogens is 240 g/mol. The van der Waals surface area contributed by atoms with Crippen molar-refractivity contribution >= 4 is 5.91 Å². The standard InChI is InChI=1S/C15H30N2O2/c1-12(2)10-17-14(18)13(3)19-11-15(16)8-6-4-5-7-9-15/h12-13H,4-11,16H2,1-3H3,(H,17,18). The van der Waals surface area contributed by atoms with Gasteiger partial charge in [0.25, 0.3) is 0 Å². The summed E-state index contributed by atoms with van der Waals surface area (Å²) in [6, 6.07) is 0. The Morgan fingerprint density at radius 1 is 1.21 bits per heavy atom. The highest BCUT2D eigenvalue weighted by molar-refractivity contribution is 5.80. The minimum Gasteiger partial charge on any atom is -0.367 e. The first-order valence-electron chi connectivity index (χ1n) is 7.61. The van der Waals surface area contributed by atoms with Crippen LogP contribution in [0.3, 0.4) is 0 Å². The average Bonchev–Trinajstić information content (AvgIpc) is 2.58. The van der Waals surface area contributed by atoms with Gasteiger partial charge in [0, 0.05) is 12.1 Å². The van der Waals surface area contributed by atoms with Crippen molar-refractivity contribution in [3.63, 3.8) is 0 Å². The molecule has 0 bridgehead atoms. The lowest BCUT2D eigenvalue weighted by Crippen LogP contribution is -2.46. The number of hydrogen-bond donors (Lipinski definition) is 2. The molecular formula is C15H30N2O2. The van der Waals surface area contributed by atoms with E-state index < -0.39 is 6.10 Å². The van der Waals surface area contributed by atoms with Gasteiger partial charge in [0.05, 0.1) is 6.61 Å². The van der Waals surface area contributed by atoms with Crippen LogP contribution in [0.15, 0.2) is 0 Å². The fourth-order valence-electron chi connectivity index (χ4n) is 2.39. The van der Waals surface area contributed by atoms with E-state index in [0.29, 0.717) is 19.1 Å². The third kappa shape index (κ3) is 6.39. The minimum absolute atomic E-state index is 0.0362. The van der Waals surface area contributed by atoms with Crippen LogP contribution >= 0.6 is 0 Å². The van der Waals surface area contributed by atoms with E-state index in [0.717, 1.165) is 12.8 Å². The van der Waals surface area contributed by atoms with Gasteiger partial charge in [-0.2, -0.15) is 0 Å². The maximum absolute atomic E-state index is 11.8. The third-order valence-corrected chi connectivity index (χ3v) is 3.77. The summed E-state index contributed by atoms with van der Waals surface area (Å²) in [5, 5.41) is 2.89. The molecule has 1 fully saturated rings. The Hall–Kier alpha value is -0.610. The second-order valence-electron chi connectivity index (χ2n) is 6.37. The molecule has 4 heteroatoms. The van der Waals surface area contributed by atoms with Gasteiger partial charge in [-0.25, -0.2) is 0 Å². The number of ether oxygens (including phenoxy) is 1. The fourth-order valence-corrected chi connectivity index (χ4v) is 2.39. The highest BCUT2D eigenvalue weighted by atomic mass is 16.5. The van der Waals surface area contributed by atoms with Crippen molar-refractivity contribution in [1.82, 2.24) is 5.32 Å². The molecule has 1 unspecified atom stereocenters. The smallest absolute Gasteiger partial charge is 0.248 e. The van der Waals surface area contributed by atoms with Crippen LogP contribution in [0.4, 0.5) is 0 Å². The summed E-state index contributed by atoms with van der Waals surface area (Å²) in [4.78, 5) is 11.8. The van der Waals surface area contributed by atoms with Gasteiger partial charge in [-0.05, 0) is 25.7 Å². The van der Waals surface area contributed by atoms with Gasteiger partial charge >= 0.3 is 0 Å². The number of hydrogen-bond acceptors (Lipinski definition) is 3. The van der Waals surface area contributed by atoms with Crippen molar-refractivity contribution in [3.8, 4) is 0 Å². The molecule has 4 nitrogen and oxygen atoms in total. The summed E-state index contributed by atoms with van der Waals surface area (Å²) in [7, 11) is 0. The van der Waals surface area contributed by atoms with Gasteiger partial charge in [0.15, 0.2) is 0 Å². The largest absolute Gasteiger partial charge is 0.367 e. The fraction of sp³-hybridized carbons (Fsp3) is 0.933. The van der Waals surface area contributed by atoms with E-state index in [1.807, 2.05) is 0 Å². The van der Waals surface area contributed by atoms with Crippen LogP contribution in [0.2, 0.25) is 0 Å². The highest BCUT2D eigenvalue weighted by Gasteiger charge is 2.28. The molecule has 1 saturated carbocycles. The van der Waals surface area contributed by atoms with Crippen molar-refractivity contribution in [1.29, 1.82) is 0 Å². The van der Waals surface area contributed by atoms with E-state index in [9.17, 15) is 4.79 Å². The second-order valence-corrected chi connectivity index (χ2v) is 6.37. The van der Waals surface area contributed by atoms with Gasteiger partial charge in [0.1, 0.15) is 6.10 Å². The zero-order valence-electron chi connectivity index (χ0n) is 12.7. The van der Waals surface area contributed by atoms with Crippen molar-refractivity contribution in [2.75, 3.05) is 13.2 Å². The first-order chi connectivity index (χ1) is 8.93. The molecule has 1 amide bonds. The van der Waals surface area contributed by atoms with E-state index in [2.05, 4.69) is 19.2 Å². The molecule has 0 spiro atoms. The lowest BCUT2D eigenvalue weighted by Gasteiger charge is -2.29. The molecule has 0 aromatic carbocycles. The van der Waals surface area contributed by atoms with Crippen molar-refractivity contribution in [2.24, 2.45) is 11.7 Å². The van der Waals surface area contributed by atoms with Gasteiger partial charge in [-0.1, -0.05) is 39.5 Å². The Morgan fingerprint density at radius 2 is 1.79 bits per heavy atom. The number of amides is 1. The van der Waals surface area contributed by atoms with Crippen LogP contribution < -0.4 is 11.1 Å². The Balaban J connectivity index is 2.31. The van der Waals surface area contributed by atoms with Gasteiger partial charge < -0.3 is 15.8 Å². The number of nitrogens with one attached hydrogen (secondary N) is 1. The van der Waals surface area contributed by atoms with Gasteiger partial charge in [-0.3, -0.25) is 4.79 Å². The molecule has 0 aliphatic heterocycles. The molecule has 1 aliphatic rings. The van der Waals surface area contributed by atoms with E-state index >= 15 is 0 Å². The first-order valence-corrected chi connectivity index (χ1v) is 7.61. The van der Waals surface area contributed by atoms with Crippen LogP contribution in [-0.4, -0.2) is 30.7 Å². The molecule has 0 saturated heterocycles.